The quantitative estimate of drug-likeness (QED) is 0.442. The van der Waals surface area contributed by atoms with E-state index in [4.69, 9.17) is 10.5 Å². The molecule has 3 N–H and O–H groups in total. The second-order valence-electron chi connectivity index (χ2n) is 8.20. The maximum absolute atomic E-state index is 13.6. The van der Waals surface area contributed by atoms with Gasteiger partial charge < -0.3 is 20.5 Å². The molecule has 35 heavy (non-hydrogen) atoms. The monoisotopic (exact) mass is 491 g/mol. The van der Waals surface area contributed by atoms with E-state index in [1.54, 1.807) is 38.1 Å². The van der Waals surface area contributed by atoms with E-state index in [2.05, 4.69) is 4.98 Å². The number of aryl methyl sites for hydroxylation is 2. The number of nitrogens with zero attached hydrogens (tertiary/aromatic N) is 2. The molecule has 2 aromatic carbocycles. The average Bonchev–Trinajstić information content (AvgIpc) is 3.32. The number of aliphatic hydroxyl groups excluding tert-OH is 1. The van der Waals surface area contributed by atoms with Gasteiger partial charge in [0.15, 0.2) is 12.4 Å². The molecule has 8 nitrogen and oxygen atoms in total. The first kappa shape index (κ1) is 24.2. The molecule has 3 aromatic rings. The molecule has 0 radical (unpaired) electrons. The number of hydrogen-bond acceptors (Lipinski definition) is 7. The van der Waals surface area contributed by atoms with Crippen LogP contribution in [0.1, 0.15) is 37.5 Å². The molecule has 1 unspecified atom stereocenters. The normalized spacial score (nSPS) is 15.5. The number of carbonyl (C=O) groups excluding carboxylic acids is 3. The van der Waals surface area contributed by atoms with E-state index in [-0.39, 0.29) is 12.2 Å². The largest absolute Gasteiger partial charge is 0.503 e. The summed E-state index contributed by atoms with van der Waals surface area (Å²) in [5.74, 6) is -1.74. The number of aromatic nitrogens is 1. The van der Waals surface area contributed by atoms with Crippen LogP contribution >= 0.6 is 11.3 Å². The number of primary amides is 1. The minimum atomic E-state index is -0.786. The lowest BCUT2D eigenvalue weighted by Gasteiger charge is -2.27. The molecule has 0 saturated carbocycles. The van der Waals surface area contributed by atoms with Crippen LogP contribution in [0.25, 0.3) is 0 Å². The van der Waals surface area contributed by atoms with E-state index in [9.17, 15) is 19.5 Å². The molecule has 1 aromatic heterocycles. The molecule has 2 heterocycles. The van der Waals surface area contributed by atoms with Gasteiger partial charge >= 0.3 is 0 Å². The van der Waals surface area contributed by atoms with Crippen molar-refractivity contribution in [3.05, 3.63) is 92.6 Å². The summed E-state index contributed by atoms with van der Waals surface area (Å²) in [5, 5.41) is 11.6. The van der Waals surface area contributed by atoms with Crippen molar-refractivity contribution in [2.24, 2.45) is 5.73 Å². The van der Waals surface area contributed by atoms with Gasteiger partial charge in [-0.1, -0.05) is 42.5 Å². The molecule has 180 valence electrons. The summed E-state index contributed by atoms with van der Waals surface area (Å²) < 4.78 is 5.33. The van der Waals surface area contributed by atoms with Crippen LogP contribution in [0, 0.1) is 13.8 Å². The van der Waals surface area contributed by atoms with Crippen LogP contribution in [-0.2, 0) is 16.0 Å². The predicted molar refractivity (Wildman–Crippen MR) is 131 cm³/mol. The first-order valence-corrected chi connectivity index (χ1v) is 11.9. The lowest BCUT2D eigenvalue weighted by molar-refractivity contribution is -0.129. The van der Waals surface area contributed by atoms with Crippen molar-refractivity contribution in [2.75, 3.05) is 13.2 Å². The maximum atomic E-state index is 13.6. The fraction of sp³-hybridized carbons (Fsp3) is 0.231. The van der Waals surface area contributed by atoms with Gasteiger partial charge in [0.25, 0.3) is 11.8 Å². The highest BCUT2D eigenvalue weighted by Gasteiger charge is 2.44. The molecule has 1 aliphatic rings. The molecule has 0 spiro atoms. The molecule has 0 aliphatic carbocycles. The Kier molecular flexibility index (Phi) is 6.97. The zero-order chi connectivity index (χ0) is 25.1. The molecule has 0 fully saturated rings. The van der Waals surface area contributed by atoms with Crippen LogP contribution in [0.15, 0.2) is 65.9 Å². The Morgan fingerprint density at radius 2 is 1.80 bits per heavy atom. The standard InChI is InChI=1S/C26H25N3O5S/c1-15-25(35-16(2)28-15)23(31)21-22(18-8-10-19(11-9-18)34-14-20(27)30)29(26(33)24(21)32)13-12-17-6-4-3-5-7-17/h3-11,22,32H,12-14H2,1-2H3,(H2,27,30). The van der Waals surface area contributed by atoms with Gasteiger partial charge in [-0.2, -0.15) is 0 Å². The fourth-order valence-corrected chi connectivity index (χ4v) is 5.00. The summed E-state index contributed by atoms with van der Waals surface area (Å²) in [6.07, 6.45) is 0.552. The van der Waals surface area contributed by atoms with Crippen molar-refractivity contribution in [1.29, 1.82) is 0 Å². The number of ether oxygens (including phenoxy) is 1. The van der Waals surface area contributed by atoms with Crippen LogP contribution in [0.3, 0.4) is 0 Å². The van der Waals surface area contributed by atoms with Gasteiger partial charge in [-0.05, 0) is 43.5 Å². The van der Waals surface area contributed by atoms with Gasteiger partial charge in [0, 0.05) is 6.54 Å². The van der Waals surface area contributed by atoms with Gasteiger partial charge in [-0.25, -0.2) is 4.98 Å². The van der Waals surface area contributed by atoms with E-state index < -0.39 is 29.4 Å². The van der Waals surface area contributed by atoms with Crippen LogP contribution in [0.2, 0.25) is 0 Å². The van der Waals surface area contributed by atoms with Gasteiger partial charge in [-0.3, -0.25) is 14.4 Å². The number of rotatable bonds is 9. The number of hydrogen-bond donors (Lipinski definition) is 2. The Labute approximate surface area is 206 Å². The Morgan fingerprint density at radius 3 is 2.40 bits per heavy atom. The van der Waals surface area contributed by atoms with E-state index in [1.807, 2.05) is 30.3 Å². The number of nitrogens with two attached hydrogens (primary N) is 1. The third-order valence-corrected chi connectivity index (χ3v) is 6.79. The van der Waals surface area contributed by atoms with Gasteiger partial charge in [0.1, 0.15) is 5.75 Å². The number of ketones is 1. The Balaban J connectivity index is 1.70. The number of carbonyl (C=O) groups is 3. The Morgan fingerprint density at radius 1 is 1.11 bits per heavy atom. The zero-order valence-electron chi connectivity index (χ0n) is 19.4. The van der Waals surface area contributed by atoms with Crippen molar-refractivity contribution in [2.45, 2.75) is 26.3 Å². The smallest absolute Gasteiger partial charge is 0.290 e. The van der Waals surface area contributed by atoms with Crippen molar-refractivity contribution in [3.8, 4) is 5.75 Å². The summed E-state index contributed by atoms with van der Waals surface area (Å²) >= 11 is 1.23. The highest BCUT2D eigenvalue weighted by molar-refractivity contribution is 7.14. The molecule has 1 aliphatic heterocycles. The molecule has 2 amide bonds. The Hall–Kier alpha value is -3.98. The van der Waals surface area contributed by atoms with Crippen LogP contribution in [-0.4, -0.2) is 45.7 Å². The number of Topliss-reactive ketones (excluding diaryl/α,β-unsaturated/α-hetero) is 1. The SMILES string of the molecule is Cc1nc(C)c(C(=O)C2=C(O)C(=O)N(CCc3ccccc3)C2c2ccc(OCC(N)=O)cc2)s1. The highest BCUT2D eigenvalue weighted by Crippen LogP contribution is 2.40. The predicted octanol–water partition coefficient (Wildman–Crippen LogP) is 3.45. The maximum Gasteiger partial charge on any atom is 0.290 e. The highest BCUT2D eigenvalue weighted by atomic mass is 32.1. The summed E-state index contributed by atoms with van der Waals surface area (Å²) in [6.45, 7) is 3.57. The number of amides is 2. The minimum absolute atomic E-state index is 0.0283. The lowest BCUT2D eigenvalue weighted by atomic mass is 9.94. The lowest BCUT2D eigenvalue weighted by Crippen LogP contribution is -2.33. The third-order valence-electron chi connectivity index (χ3n) is 5.72. The molecule has 1 atom stereocenters. The second kappa shape index (κ2) is 10.1. The van der Waals surface area contributed by atoms with Crippen LogP contribution < -0.4 is 10.5 Å². The fourth-order valence-electron chi connectivity index (χ4n) is 4.12. The van der Waals surface area contributed by atoms with Crippen LogP contribution in [0.4, 0.5) is 0 Å². The van der Waals surface area contributed by atoms with E-state index >= 15 is 0 Å². The molecule has 4 rings (SSSR count). The average molecular weight is 492 g/mol. The van der Waals surface area contributed by atoms with E-state index in [0.29, 0.717) is 34.8 Å². The van der Waals surface area contributed by atoms with E-state index in [0.717, 1.165) is 10.6 Å². The third kappa shape index (κ3) is 5.09. The molecule has 9 heteroatoms. The summed E-state index contributed by atoms with van der Waals surface area (Å²) in [5.41, 5.74) is 7.38. The zero-order valence-corrected chi connectivity index (χ0v) is 20.2. The first-order chi connectivity index (χ1) is 16.8. The van der Waals surface area contributed by atoms with Crippen molar-refractivity contribution >= 4 is 28.9 Å². The molecular formula is C26H25N3O5S. The van der Waals surface area contributed by atoms with Crippen LogP contribution in [0.5, 0.6) is 5.75 Å². The first-order valence-electron chi connectivity index (χ1n) is 11.0. The number of thiazole rings is 1. The molecular weight excluding hydrogens is 466 g/mol. The van der Waals surface area contributed by atoms with Crippen molar-refractivity contribution < 1.29 is 24.2 Å². The van der Waals surface area contributed by atoms with Crippen molar-refractivity contribution in [3.63, 3.8) is 0 Å². The molecule has 0 bridgehead atoms. The summed E-state index contributed by atoms with van der Waals surface area (Å²) in [4.78, 5) is 44.0. The molecule has 0 saturated heterocycles. The second-order valence-corrected chi connectivity index (χ2v) is 9.40. The van der Waals surface area contributed by atoms with Gasteiger partial charge in [-0.15, -0.1) is 11.3 Å². The number of aliphatic hydroxyl groups is 1. The minimum Gasteiger partial charge on any atom is -0.503 e. The summed E-state index contributed by atoms with van der Waals surface area (Å²) in [7, 11) is 0. The number of benzene rings is 2. The van der Waals surface area contributed by atoms with Gasteiger partial charge in [0.05, 0.1) is 27.2 Å². The van der Waals surface area contributed by atoms with Crippen molar-refractivity contribution in [1.82, 2.24) is 9.88 Å². The Bertz CT molecular complexity index is 1300. The van der Waals surface area contributed by atoms with Gasteiger partial charge in [0.2, 0.25) is 5.78 Å². The van der Waals surface area contributed by atoms with E-state index in [1.165, 1.54) is 16.2 Å². The summed E-state index contributed by atoms with van der Waals surface area (Å²) in [6, 6.07) is 15.6. The topological polar surface area (TPSA) is 123 Å².